The molecule has 2 rings (SSSR count). The first-order valence-electron chi connectivity index (χ1n) is 9.97. The van der Waals surface area contributed by atoms with E-state index in [9.17, 15) is 4.79 Å². The van der Waals surface area contributed by atoms with Crippen LogP contribution in [0, 0.1) is 5.92 Å². The molecular formula is C19H37N5O2. The number of nitrogens with one attached hydrogen (secondary N) is 2. The Kier molecular flexibility index (Phi) is 8.15. The molecule has 1 amide bonds. The average Bonchev–Trinajstić information content (AvgIpc) is 2.98. The largest absolute Gasteiger partial charge is 0.376 e. The van der Waals surface area contributed by atoms with Crippen LogP contribution in [0.5, 0.6) is 0 Å². The summed E-state index contributed by atoms with van der Waals surface area (Å²) >= 11 is 0. The Balaban J connectivity index is 1.95. The molecule has 2 saturated heterocycles. The summed E-state index contributed by atoms with van der Waals surface area (Å²) in [5.41, 5.74) is 0. The highest BCUT2D eigenvalue weighted by Gasteiger charge is 2.31. The summed E-state index contributed by atoms with van der Waals surface area (Å²) in [4.78, 5) is 20.5. The van der Waals surface area contributed by atoms with E-state index in [1.54, 1.807) is 19.0 Å². The molecule has 3 atom stereocenters. The maximum absolute atomic E-state index is 11.9. The number of likely N-dealkylation sites (N-methyl/N-ethyl adjacent to an activating group) is 1. The van der Waals surface area contributed by atoms with Crippen LogP contribution in [0.3, 0.4) is 0 Å². The third kappa shape index (κ3) is 6.43. The smallest absolute Gasteiger partial charge is 0.243 e. The van der Waals surface area contributed by atoms with Crippen molar-refractivity contribution in [2.45, 2.75) is 58.2 Å². The van der Waals surface area contributed by atoms with Crippen molar-refractivity contribution in [2.75, 3.05) is 46.9 Å². The summed E-state index contributed by atoms with van der Waals surface area (Å²) in [6.45, 7) is 10.6. The molecular weight excluding hydrogens is 330 g/mol. The molecule has 0 bridgehead atoms. The second kappa shape index (κ2) is 10.1. The second-order valence-electron chi connectivity index (χ2n) is 8.10. The zero-order valence-corrected chi connectivity index (χ0v) is 17.1. The van der Waals surface area contributed by atoms with Crippen LogP contribution in [0.1, 0.15) is 40.0 Å². The molecule has 2 aliphatic heterocycles. The molecule has 150 valence electrons. The van der Waals surface area contributed by atoms with Gasteiger partial charge in [0.15, 0.2) is 5.96 Å². The van der Waals surface area contributed by atoms with Crippen molar-refractivity contribution in [1.82, 2.24) is 20.4 Å². The summed E-state index contributed by atoms with van der Waals surface area (Å²) in [6.07, 6.45) is 3.68. The molecule has 26 heavy (non-hydrogen) atoms. The number of likely N-dealkylation sites (tertiary alicyclic amines) is 1. The van der Waals surface area contributed by atoms with Crippen LogP contribution in [0.15, 0.2) is 4.99 Å². The summed E-state index contributed by atoms with van der Waals surface area (Å²) in [6, 6.07) is 0.883. The molecule has 0 aromatic carbocycles. The van der Waals surface area contributed by atoms with Crippen molar-refractivity contribution in [1.29, 1.82) is 0 Å². The molecule has 0 spiro atoms. The summed E-state index contributed by atoms with van der Waals surface area (Å²) < 4.78 is 5.80. The fourth-order valence-electron chi connectivity index (χ4n) is 3.41. The number of carbonyl (C=O) groups excluding carboxylic acids is 1. The number of amides is 1. The minimum atomic E-state index is 0.00305. The molecule has 2 heterocycles. The molecule has 2 fully saturated rings. The highest BCUT2D eigenvalue weighted by Crippen LogP contribution is 2.18. The zero-order chi connectivity index (χ0) is 19.1. The van der Waals surface area contributed by atoms with Gasteiger partial charge in [0.25, 0.3) is 0 Å². The average molecular weight is 368 g/mol. The maximum Gasteiger partial charge on any atom is 0.243 e. The second-order valence-corrected chi connectivity index (χ2v) is 8.10. The van der Waals surface area contributed by atoms with Gasteiger partial charge in [-0.2, -0.15) is 0 Å². The molecule has 7 nitrogen and oxygen atoms in total. The number of hydrogen-bond acceptors (Lipinski definition) is 4. The Labute approximate surface area is 158 Å². The van der Waals surface area contributed by atoms with Gasteiger partial charge in [0.2, 0.25) is 5.91 Å². The topological polar surface area (TPSA) is 69.2 Å². The van der Waals surface area contributed by atoms with Crippen LogP contribution < -0.4 is 10.6 Å². The predicted molar refractivity (Wildman–Crippen MR) is 105 cm³/mol. The highest BCUT2D eigenvalue weighted by molar-refractivity contribution is 5.85. The van der Waals surface area contributed by atoms with Gasteiger partial charge in [-0.1, -0.05) is 6.92 Å². The quantitative estimate of drug-likeness (QED) is 0.539. The van der Waals surface area contributed by atoms with Crippen LogP contribution in [-0.4, -0.2) is 86.7 Å². The Bertz CT molecular complexity index is 475. The van der Waals surface area contributed by atoms with Crippen LogP contribution >= 0.6 is 0 Å². The third-order valence-electron chi connectivity index (χ3n) is 5.34. The lowest BCUT2D eigenvalue weighted by molar-refractivity contribution is -0.127. The standard InChI is InChI=1S/C19H37N5O2/c1-14(2)24-12-15(3)17(13-24)22-19(21-11-18(25)23(4)5)20-10-16-8-6-7-9-26-16/h14-17H,6-13H2,1-5H3,(H2,20,21,22). The van der Waals surface area contributed by atoms with E-state index in [2.05, 4.69) is 41.3 Å². The number of carbonyl (C=O) groups is 1. The van der Waals surface area contributed by atoms with Crippen LogP contribution in [-0.2, 0) is 9.53 Å². The molecule has 0 aromatic rings. The van der Waals surface area contributed by atoms with Crippen molar-refractivity contribution < 1.29 is 9.53 Å². The first-order valence-corrected chi connectivity index (χ1v) is 9.97. The summed E-state index contributed by atoms with van der Waals surface area (Å²) in [5.74, 6) is 1.26. The number of rotatable bonds is 6. The van der Waals surface area contributed by atoms with Crippen molar-refractivity contribution in [3.63, 3.8) is 0 Å². The van der Waals surface area contributed by atoms with E-state index < -0.39 is 0 Å². The molecule has 0 radical (unpaired) electrons. The van der Waals surface area contributed by atoms with Crippen LogP contribution in [0.25, 0.3) is 0 Å². The SMILES string of the molecule is CC1CN(C(C)C)CC1NC(=NCC(=O)N(C)C)NCC1CCCCO1. The van der Waals surface area contributed by atoms with Gasteiger partial charge in [-0.3, -0.25) is 9.69 Å². The minimum Gasteiger partial charge on any atom is -0.376 e. The zero-order valence-electron chi connectivity index (χ0n) is 17.1. The Morgan fingerprint density at radius 2 is 2.08 bits per heavy atom. The Morgan fingerprint density at radius 3 is 2.65 bits per heavy atom. The molecule has 0 saturated carbocycles. The normalized spacial score (nSPS) is 27.6. The van der Waals surface area contributed by atoms with Crippen LogP contribution in [0.4, 0.5) is 0 Å². The van der Waals surface area contributed by atoms with Gasteiger partial charge in [-0.25, -0.2) is 4.99 Å². The Morgan fingerprint density at radius 1 is 1.31 bits per heavy atom. The van der Waals surface area contributed by atoms with Crippen molar-refractivity contribution >= 4 is 11.9 Å². The van der Waals surface area contributed by atoms with E-state index in [4.69, 9.17) is 4.74 Å². The maximum atomic E-state index is 11.9. The number of guanidine groups is 1. The van der Waals surface area contributed by atoms with Gasteiger partial charge < -0.3 is 20.3 Å². The highest BCUT2D eigenvalue weighted by atomic mass is 16.5. The summed E-state index contributed by atoms with van der Waals surface area (Å²) in [5, 5.41) is 6.96. The monoisotopic (exact) mass is 367 g/mol. The van der Waals surface area contributed by atoms with Gasteiger partial charge in [0.1, 0.15) is 6.54 Å². The molecule has 3 unspecified atom stereocenters. The van der Waals surface area contributed by atoms with Gasteiger partial charge in [-0.05, 0) is 39.0 Å². The summed E-state index contributed by atoms with van der Waals surface area (Å²) in [7, 11) is 3.52. The number of ether oxygens (including phenoxy) is 1. The molecule has 0 aromatic heterocycles. The number of hydrogen-bond donors (Lipinski definition) is 2. The molecule has 7 heteroatoms. The third-order valence-corrected chi connectivity index (χ3v) is 5.34. The molecule has 0 aliphatic carbocycles. The van der Waals surface area contributed by atoms with Crippen molar-refractivity contribution in [3.8, 4) is 0 Å². The fraction of sp³-hybridized carbons (Fsp3) is 0.895. The molecule has 2 aliphatic rings. The Hall–Kier alpha value is -1.34. The number of nitrogens with zero attached hydrogens (tertiary/aromatic N) is 3. The fourth-order valence-corrected chi connectivity index (χ4v) is 3.41. The van der Waals surface area contributed by atoms with E-state index in [-0.39, 0.29) is 18.6 Å². The lowest BCUT2D eigenvalue weighted by Crippen LogP contribution is -2.49. The van der Waals surface area contributed by atoms with Crippen LogP contribution in [0.2, 0.25) is 0 Å². The first kappa shape index (κ1) is 21.0. The van der Waals surface area contributed by atoms with Gasteiger partial charge in [0, 0.05) is 52.4 Å². The number of aliphatic imine (C=N–C) groups is 1. The van der Waals surface area contributed by atoms with Crippen molar-refractivity contribution in [3.05, 3.63) is 0 Å². The molecule has 2 N–H and O–H groups in total. The van der Waals surface area contributed by atoms with E-state index in [0.717, 1.165) is 45.0 Å². The first-order chi connectivity index (χ1) is 12.4. The van der Waals surface area contributed by atoms with Gasteiger partial charge in [-0.15, -0.1) is 0 Å². The van der Waals surface area contributed by atoms with E-state index in [0.29, 0.717) is 18.0 Å². The van der Waals surface area contributed by atoms with Gasteiger partial charge >= 0.3 is 0 Å². The van der Waals surface area contributed by atoms with E-state index >= 15 is 0 Å². The minimum absolute atomic E-state index is 0.00305. The van der Waals surface area contributed by atoms with E-state index in [1.165, 1.54) is 6.42 Å². The van der Waals surface area contributed by atoms with Gasteiger partial charge in [0.05, 0.1) is 6.10 Å². The predicted octanol–water partition coefficient (Wildman–Crippen LogP) is 0.908. The lowest BCUT2D eigenvalue weighted by atomic mass is 10.1. The van der Waals surface area contributed by atoms with Crippen molar-refractivity contribution in [2.24, 2.45) is 10.9 Å². The lowest BCUT2D eigenvalue weighted by Gasteiger charge is -2.26. The van der Waals surface area contributed by atoms with E-state index in [1.807, 2.05) is 0 Å².